The van der Waals surface area contributed by atoms with Crippen LogP contribution in [-0.4, -0.2) is 51.5 Å². The smallest absolute Gasteiger partial charge is 0.259 e. The Balaban J connectivity index is 1.26. The molecule has 3 aromatic rings. The standard InChI is InChI=1S/C32H33N5O3S/c1-3-27(30(39)34-23-13-9-10-21(2)20-23)41-32-36-25-15-8-7-14-24(25)29-35-26(31(40)37(29)32)16-17-28(38)33-19-18-22-11-5-4-6-12-22/h4-15,20,26-27H,3,16-19H2,1-2H3,(H,33,38)(H,34,39)/t26-,27-/m1/s1. The number of para-hydroxylation sites is 1. The van der Waals surface area contributed by atoms with E-state index in [0.29, 0.717) is 36.1 Å². The highest BCUT2D eigenvalue weighted by Gasteiger charge is 2.42. The molecule has 0 unspecified atom stereocenters. The van der Waals surface area contributed by atoms with Crippen molar-refractivity contribution in [2.75, 3.05) is 11.9 Å². The van der Waals surface area contributed by atoms with Crippen molar-refractivity contribution in [3.63, 3.8) is 0 Å². The lowest BCUT2D eigenvalue weighted by Gasteiger charge is -2.27. The van der Waals surface area contributed by atoms with Crippen LogP contribution >= 0.6 is 11.8 Å². The largest absolute Gasteiger partial charge is 0.356 e. The molecule has 0 bridgehead atoms. The Morgan fingerprint density at radius 2 is 1.80 bits per heavy atom. The number of carbonyl (C=O) groups excluding carboxylic acids is 3. The van der Waals surface area contributed by atoms with Crippen molar-refractivity contribution in [2.24, 2.45) is 9.98 Å². The van der Waals surface area contributed by atoms with Crippen molar-refractivity contribution in [2.45, 2.75) is 50.8 Å². The first-order valence-corrected chi connectivity index (χ1v) is 14.8. The minimum Gasteiger partial charge on any atom is -0.356 e. The molecule has 8 nitrogen and oxygen atoms in total. The number of hydrogen-bond acceptors (Lipinski definition) is 6. The van der Waals surface area contributed by atoms with Crippen LogP contribution in [0.15, 0.2) is 88.8 Å². The number of aryl methyl sites for hydroxylation is 1. The Labute approximate surface area is 244 Å². The second-order valence-electron chi connectivity index (χ2n) is 10.1. The minimum atomic E-state index is -0.692. The van der Waals surface area contributed by atoms with Crippen molar-refractivity contribution in [3.8, 4) is 0 Å². The molecule has 0 saturated carbocycles. The van der Waals surface area contributed by atoms with Gasteiger partial charge in [0.15, 0.2) is 5.17 Å². The van der Waals surface area contributed by atoms with E-state index in [-0.39, 0.29) is 24.1 Å². The predicted molar refractivity (Wildman–Crippen MR) is 165 cm³/mol. The summed E-state index contributed by atoms with van der Waals surface area (Å²) in [6, 6.07) is 24.5. The number of nitrogens with one attached hydrogen (secondary N) is 2. The number of hydrogen-bond donors (Lipinski definition) is 2. The average molecular weight is 568 g/mol. The zero-order valence-corrected chi connectivity index (χ0v) is 24.0. The first kappa shape index (κ1) is 28.3. The van der Waals surface area contributed by atoms with Crippen LogP contribution in [0.3, 0.4) is 0 Å². The SMILES string of the molecule is CC[C@@H](SC1=Nc2ccccc2C2=N[C@H](CCC(=O)NCCc3ccccc3)C(=O)N12)C(=O)Nc1cccc(C)c1. The molecular formula is C32H33N5O3S. The Morgan fingerprint density at radius 1 is 1.02 bits per heavy atom. The van der Waals surface area contributed by atoms with Gasteiger partial charge in [0.05, 0.1) is 10.9 Å². The molecule has 2 aliphatic rings. The highest BCUT2D eigenvalue weighted by molar-refractivity contribution is 8.15. The topological polar surface area (TPSA) is 103 Å². The van der Waals surface area contributed by atoms with Gasteiger partial charge < -0.3 is 10.6 Å². The zero-order chi connectivity index (χ0) is 28.8. The van der Waals surface area contributed by atoms with E-state index in [2.05, 4.69) is 10.6 Å². The van der Waals surface area contributed by atoms with Crippen LogP contribution in [0.25, 0.3) is 0 Å². The average Bonchev–Trinajstić information content (AvgIpc) is 3.31. The summed E-state index contributed by atoms with van der Waals surface area (Å²) in [5, 5.41) is 5.89. The van der Waals surface area contributed by atoms with E-state index < -0.39 is 11.3 Å². The quantitative estimate of drug-likeness (QED) is 0.350. The van der Waals surface area contributed by atoms with Crippen molar-refractivity contribution in [1.29, 1.82) is 0 Å². The molecule has 0 fully saturated rings. The fourth-order valence-corrected chi connectivity index (χ4v) is 5.83. The number of benzene rings is 3. The number of anilines is 1. The zero-order valence-electron chi connectivity index (χ0n) is 23.2. The molecule has 0 aliphatic carbocycles. The summed E-state index contributed by atoms with van der Waals surface area (Å²) >= 11 is 1.26. The molecule has 2 atom stereocenters. The molecule has 5 rings (SSSR count). The van der Waals surface area contributed by atoms with Gasteiger partial charge in [0.1, 0.15) is 11.9 Å². The number of rotatable bonds is 10. The van der Waals surface area contributed by atoms with Crippen LogP contribution in [0.5, 0.6) is 0 Å². The highest BCUT2D eigenvalue weighted by atomic mass is 32.2. The Morgan fingerprint density at radius 3 is 2.59 bits per heavy atom. The summed E-state index contributed by atoms with van der Waals surface area (Å²) in [6.45, 7) is 4.44. The Hall–Kier alpha value is -4.24. The fourth-order valence-electron chi connectivity index (χ4n) is 4.81. The molecule has 9 heteroatoms. The van der Waals surface area contributed by atoms with Crippen LogP contribution in [-0.2, 0) is 20.8 Å². The Kier molecular flexibility index (Phi) is 8.94. The van der Waals surface area contributed by atoms with Crippen LogP contribution in [0, 0.1) is 6.92 Å². The summed E-state index contributed by atoms with van der Waals surface area (Å²) in [5.41, 5.74) is 4.40. The molecule has 0 saturated heterocycles. The van der Waals surface area contributed by atoms with E-state index in [4.69, 9.17) is 9.98 Å². The summed E-state index contributed by atoms with van der Waals surface area (Å²) < 4.78 is 0. The van der Waals surface area contributed by atoms with Gasteiger partial charge in [0.2, 0.25) is 11.8 Å². The van der Waals surface area contributed by atoms with Gasteiger partial charge >= 0.3 is 0 Å². The van der Waals surface area contributed by atoms with E-state index in [1.165, 1.54) is 16.7 Å². The summed E-state index contributed by atoms with van der Waals surface area (Å²) in [5.74, 6) is 0.0261. The molecule has 2 aliphatic heterocycles. The lowest BCUT2D eigenvalue weighted by molar-refractivity contribution is -0.125. The maximum absolute atomic E-state index is 13.6. The summed E-state index contributed by atoms with van der Waals surface area (Å²) in [6.07, 6.45) is 1.77. The van der Waals surface area contributed by atoms with Crippen molar-refractivity contribution in [3.05, 3.63) is 95.6 Å². The van der Waals surface area contributed by atoms with Crippen LogP contribution in [0.1, 0.15) is 42.9 Å². The molecule has 41 heavy (non-hydrogen) atoms. The number of aliphatic imine (C=N–C) groups is 2. The third kappa shape index (κ3) is 6.74. The summed E-state index contributed by atoms with van der Waals surface area (Å²) in [7, 11) is 0. The molecule has 2 N–H and O–H groups in total. The number of carbonyl (C=O) groups is 3. The van der Waals surface area contributed by atoms with Crippen molar-refractivity contribution < 1.29 is 14.4 Å². The van der Waals surface area contributed by atoms with Gasteiger partial charge in [-0.15, -0.1) is 0 Å². The molecule has 0 radical (unpaired) electrons. The number of amidine groups is 2. The van der Waals surface area contributed by atoms with Gasteiger partial charge in [-0.3, -0.25) is 19.4 Å². The molecule has 3 amide bonds. The second kappa shape index (κ2) is 13.0. The number of thioether (sulfide) groups is 1. The van der Waals surface area contributed by atoms with Gasteiger partial charge in [0.25, 0.3) is 5.91 Å². The van der Waals surface area contributed by atoms with Gasteiger partial charge in [-0.1, -0.05) is 73.3 Å². The van der Waals surface area contributed by atoms with E-state index in [1.54, 1.807) is 0 Å². The predicted octanol–water partition coefficient (Wildman–Crippen LogP) is 5.24. The second-order valence-corrected chi connectivity index (χ2v) is 11.2. The molecule has 0 aromatic heterocycles. The van der Waals surface area contributed by atoms with Gasteiger partial charge in [0, 0.05) is 24.2 Å². The minimum absolute atomic E-state index is 0.110. The third-order valence-electron chi connectivity index (χ3n) is 6.97. The van der Waals surface area contributed by atoms with Crippen LogP contribution in [0.4, 0.5) is 11.4 Å². The van der Waals surface area contributed by atoms with E-state index in [0.717, 1.165) is 28.8 Å². The molecule has 210 valence electrons. The van der Waals surface area contributed by atoms with Gasteiger partial charge in [-0.2, -0.15) is 0 Å². The maximum atomic E-state index is 13.6. The summed E-state index contributed by atoms with van der Waals surface area (Å²) in [4.78, 5) is 50.4. The third-order valence-corrected chi connectivity index (χ3v) is 8.28. The fraction of sp³-hybridized carbons (Fsp3) is 0.281. The number of amides is 3. The monoisotopic (exact) mass is 567 g/mol. The van der Waals surface area contributed by atoms with Crippen LogP contribution in [0.2, 0.25) is 0 Å². The molecule has 0 spiro atoms. The molecular weight excluding hydrogens is 534 g/mol. The first-order valence-electron chi connectivity index (χ1n) is 13.9. The van der Waals surface area contributed by atoms with Crippen LogP contribution < -0.4 is 10.6 Å². The first-order chi connectivity index (χ1) is 19.9. The van der Waals surface area contributed by atoms with E-state index in [9.17, 15) is 14.4 Å². The van der Waals surface area contributed by atoms with E-state index in [1.807, 2.05) is 92.7 Å². The maximum Gasteiger partial charge on any atom is 0.259 e. The van der Waals surface area contributed by atoms with Gasteiger partial charge in [-0.05, 0) is 61.6 Å². The molecule has 2 heterocycles. The number of nitrogens with zero attached hydrogens (tertiary/aromatic N) is 3. The lowest BCUT2D eigenvalue weighted by atomic mass is 10.1. The normalized spacial score (nSPS) is 16.3. The van der Waals surface area contributed by atoms with Crippen molar-refractivity contribution >= 4 is 51.9 Å². The lowest BCUT2D eigenvalue weighted by Crippen LogP contribution is -2.42. The molecule has 3 aromatic carbocycles. The van der Waals surface area contributed by atoms with E-state index >= 15 is 0 Å². The van der Waals surface area contributed by atoms with Crippen molar-refractivity contribution in [1.82, 2.24) is 10.2 Å². The Bertz CT molecular complexity index is 1500. The van der Waals surface area contributed by atoms with Gasteiger partial charge in [-0.25, -0.2) is 9.89 Å². The number of fused-ring (bicyclic) bond motifs is 3. The highest BCUT2D eigenvalue weighted by Crippen LogP contribution is 2.36.